The van der Waals surface area contributed by atoms with E-state index in [1.54, 1.807) is 0 Å². The molecule has 0 aromatic heterocycles. The summed E-state index contributed by atoms with van der Waals surface area (Å²) in [5.41, 5.74) is 0. The predicted octanol–water partition coefficient (Wildman–Crippen LogP) is 1.73. The Morgan fingerprint density at radius 3 is 1.82 bits per heavy atom. The summed E-state index contributed by atoms with van der Waals surface area (Å²) in [7, 11) is 0. The molecule has 0 radical (unpaired) electrons. The average molecular weight is 193 g/mol. The first-order valence-electron chi connectivity index (χ1n) is 2.62. The molecule has 0 aliphatic heterocycles. The molecule has 2 atom stereocenters. The van der Waals surface area contributed by atoms with E-state index < -0.39 is 24.5 Å². The minimum atomic E-state index is -2.92. The standard InChI is InChI=1S/C5H7F3O2.ClH/c1-2(4(7)8)3(6)5(9)10;/h2-4H,1H3,(H,9,10);1H. The Kier molecular flexibility index (Phi) is 6.26. The van der Waals surface area contributed by atoms with Gasteiger partial charge in [0, 0.05) is 0 Å². The quantitative estimate of drug-likeness (QED) is 0.740. The molecule has 0 amide bonds. The molecule has 6 heteroatoms. The van der Waals surface area contributed by atoms with Gasteiger partial charge in [0.05, 0.1) is 5.92 Å². The summed E-state index contributed by atoms with van der Waals surface area (Å²) in [5, 5.41) is 7.89. The molecule has 0 saturated heterocycles. The summed E-state index contributed by atoms with van der Waals surface area (Å²) in [5.74, 6) is -3.58. The first-order chi connectivity index (χ1) is 4.46. The van der Waals surface area contributed by atoms with Gasteiger partial charge in [-0.2, -0.15) is 0 Å². The Bertz CT molecular complexity index is 131. The minimum absolute atomic E-state index is 0. The SMILES string of the molecule is CC(C(F)F)C(F)C(=O)O.Cl. The fourth-order valence-corrected chi connectivity index (χ4v) is 0.353. The highest BCUT2D eigenvalue weighted by Crippen LogP contribution is 2.16. The van der Waals surface area contributed by atoms with Crippen LogP contribution in [-0.4, -0.2) is 23.7 Å². The zero-order valence-corrected chi connectivity index (χ0v) is 6.45. The zero-order valence-electron chi connectivity index (χ0n) is 5.63. The summed E-state index contributed by atoms with van der Waals surface area (Å²) in [6.45, 7) is 0.851. The van der Waals surface area contributed by atoms with Gasteiger partial charge in [0.25, 0.3) is 0 Å². The van der Waals surface area contributed by atoms with Crippen LogP contribution < -0.4 is 0 Å². The van der Waals surface area contributed by atoms with E-state index in [1.807, 2.05) is 0 Å². The molecule has 0 heterocycles. The molecule has 0 aliphatic rings. The molecule has 0 aromatic carbocycles. The van der Waals surface area contributed by atoms with Gasteiger partial charge in [0.15, 0.2) is 0 Å². The highest BCUT2D eigenvalue weighted by Gasteiger charge is 2.30. The number of hydrogen-bond donors (Lipinski definition) is 1. The number of rotatable bonds is 3. The molecule has 0 rings (SSSR count). The second kappa shape index (κ2) is 5.23. The molecule has 0 aromatic rings. The third-order valence-electron chi connectivity index (χ3n) is 1.09. The predicted molar refractivity (Wildman–Crippen MR) is 34.9 cm³/mol. The lowest BCUT2D eigenvalue weighted by Crippen LogP contribution is -2.27. The molecular weight excluding hydrogens is 184 g/mol. The largest absolute Gasteiger partial charge is 0.479 e. The number of carbonyl (C=O) groups is 1. The van der Waals surface area contributed by atoms with Crippen LogP contribution in [-0.2, 0) is 4.79 Å². The molecule has 0 saturated carbocycles. The van der Waals surface area contributed by atoms with Crippen molar-refractivity contribution in [2.24, 2.45) is 5.92 Å². The van der Waals surface area contributed by atoms with Gasteiger partial charge in [-0.25, -0.2) is 18.0 Å². The lowest BCUT2D eigenvalue weighted by atomic mass is 10.1. The van der Waals surface area contributed by atoms with Crippen molar-refractivity contribution in [2.75, 3.05) is 0 Å². The van der Waals surface area contributed by atoms with E-state index in [9.17, 15) is 18.0 Å². The number of aliphatic carboxylic acids is 1. The van der Waals surface area contributed by atoms with Crippen LogP contribution in [0, 0.1) is 5.92 Å². The molecule has 2 nitrogen and oxygen atoms in total. The Labute approximate surface area is 67.8 Å². The Morgan fingerprint density at radius 2 is 1.73 bits per heavy atom. The van der Waals surface area contributed by atoms with Gasteiger partial charge in [-0.05, 0) is 0 Å². The number of halogens is 4. The van der Waals surface area contributed by atoms with Gasteiger partial charge in [0.2, 0.25) is 12.6 Å². The third-order valence-corrected chi connectivity index (χ3v) is 1.09. The second-order valence-corrected chi connectivity index (χ2v) is 1.93. The number of carboxylic acids is 1. The monoisotopic (exact) mass is 192 g/mol. The zero-order chi connectivity index (χ0) is 8.31. The molecule has 0 spiro atoms. The third kappa shape index (κ3) is 4.08. The van der Waals surface area contributed by atoms with Crippen molar-refractivity contribution >= 4 is 18.4 Å². The molecule has 0 fully saturated rings. The Balaban J connectivity index is 0. The van der Waals surface area contributed by atoms with Crippen molar-refractivity contribution in [2.45, 2.75) is 19.5 Å². The van der Waals surface area contributed by atoms with E-state index in [4.69, 9.17) is 5.11 Å². The summed E-state index contributed by atoms with van der Waals surface area (Å²) < 4.78 is 35.2. The van der Waals surface area contributed by atoms with E-state index >= 15 is 0 Å². The van der Waals surface area contributed by atoms with E-state index in [2.05, 4.69) is 0 Å². The van der Waals surface area contributed by atoms with Crippen molar-refractivity contribution in [3.63, 3.8) is 0 Å². The Morgan fingerprint density at radius 1 is 1.36 bits per heavy atom. The minimum Gasteiger partial charge on any atom is -0.479 e. The molecule has 68 valence electrons. The normalized spacial score (nSPS) is 15.4. The lowest BCUT2D eigenvalue weighted by Gasteiger charge is -2.10. The van der Waals surface area contributed by atoms with Crippen molar-refractivity contribution in [1.29, 1.82) is 0 Å². The van der Waals surface area contributed by atoms with E-state index in [1.165, 1.54) is 0 Å². The van der Waals surface area contributed by atoms with Crippen LogP contribution in [0.4, 0.5) is 13.2 Å². The number of carboxylic acid groups (broad SMARTS) is 1. The number of alkyl halides is 3. The summed E-state index contributed by atoms with van der Waals surface area (Å²) in [4.78, 5) is 9.74. The van der Waals surface area contributed by atoms with Crippen LogP contribution in [0.25, 0.3) is 0 Å². The van der Waals surface area contributed by atoms with E-state index in [0.29, 0.717) is 0 Å². The van der Waals surface area contributed by atoms with Gasteiger partial charge in [0.1, 0.15) is 0 Å². The van der Waals surface area contributed by atoms with Gasteiger partial charge in [-0.1, -0.05) is 6.92 Å². The van der Waals surface area contributed by atoms with Crippen molar-refractivity contribution in [3.05, 3.63) is 0 Å². The van der Waals surface area contributed by atoms with Gasteiger partial charge >= 0.3 is 5.97 Å². The maximum atomic E-state index is 12.1. The van der Waals surface area contributed by atoms with Crippen LogP contribution in [0.2, 0.25) is 0 Å². The van der Waals surface area contributed by atoms with Crippen LogP contribution in [0.15, 0.2) is 0 Å². The van der Waals surface area contributed by atoms with Gasteiger partial charge in [-0.15, -0.1) is 12.4 Å². The molecule has 1 N–H and O–H groups in total. The number of hydrogen-bond acceptors (Lipinski definition) is 1. The molecule has 0 bridgehead atoms. The maximum Gasteiger partial charge on any atom is 0.338 e. The first-order valence-corrected chi connectivity index (χ1v) is 2.62. The average Bonchev–Trinajstić information content (AvgIpc) is 1.84. The fraction of sp³-hybridized carbons (Fsp3) is 0.800. The van der Waals surface area contributed by atoms with Crippen molar-refractivity contribution in [3.8, 4) is 0 Å². The summed E-state index contributed by atoms with van der Waals surface area (Å²) >= 11 is 0. The smallest absolute Gasteiger partial charge is 0.338 e. The van der Waals surface area contributed by atoms with Gasteiger partial charge < -0.3 is 5.11 Å². The maximum absolute atomic E-state index is 12.1. The van der Waals surface area contributed by atoms with Crippen LogP contribution in [0.5, 0.6) is 0 Å². The highest BCUT2D eigenvalue weighted by molar-refractivity contribution is 5.85. The van der Waals surface area contributed by atoms with Crippen molar-refractivity contribution in [1.82, 2.24) is 0 Å². The Hall–Kier alpha value is -0.450. The van der Waals surface area contributed by atoms with Crippen LogP contribution in [0.3, 0.4) is 0 Å². The molecule has 11 heavy (non-hydrogen) atoms. The molecule has 2 unspecified atom stereocenters. The summed E-state index contributed by atoms with van der Waals surface area (Å²) in [6, 6.07) is 0. The molecular formula is C5H8ClF3O2. The molecule has 0 aliphatic carbocycles. The second-order valence-electron chi connectivity index (χ2n) is 1.93. The van der Waals surface area contributed by atoms with Crippen LogP contribution in [0.1, 0.15) is 6.92 Å². The lowest BCUT2D eigenvalue weighted by molar-refractivity contribution is -0.147. The van der Waals surface area contributed by atoms with Crippen molar-refractivity contribution < 1.29 is 23.1 Å². The topological polar surface area (TPSA) is 37.3 Å². The van der Waals surface area contributed by atoms with E-state index in [-0.39, 0.29) is 12.4 Å². The van der Waals surface area contributed by atoms with Crippen LogP contribution >= 0.6 is 12.4 Å². The summed E-state index contributed by atoms with van der Waals surface area (Å²) in [6.07, 6.45) is -5.40. The highest BCUT2D eigenvalue weighted by atomic mass is 35.5. The van der Waals surface area contributed by atoms with E-state index in [0.717, 1.165) is 6.92 Å². The first kappa shape index (κ1) is 13.2. The fourth-order valence-electron chi connectivity index (χ4n) is 0.353. The van der Waals surface area contributed by atoms with Gasteiger partial charge in [-0.3, -0.25) is 0 Å².